The van der Waals surface area contributed by atoms with Gasteiger partial charge < -0.3 is 39.0 Å². The van der Waals surface area contributed by atoms with Crippen molar-refractivity contribution in [3.05, 3.63) is 141 Å². The Hall–Kier alpha value is -5.18. The number of aliphatic hydroxyl groups excluding tert-OH is 2. The predicted molar refractivity (Wildman–Crippen MR) is 344 cm³/mol. The first kappa shape index (κ1) is 64.4. The fraction of sp³-hybridized carbons (Fsp3) is 0.559. The van der Waals surface area contributed by atoms with Crippen LogP contribution in [0.5, 0.6) is 11.5 Å². The number of rotatable bonds is 6. The lowest BCUT2D eigenvalue weighted by Gasteiger charge is -2.46. The molecule has 2 fully saturated rings. The van der Waals surface area contributed by atoms with E-state index in [-0.39, 0.29) is 59.8 Å². The lowest BCUT2D eigenvalue weighted by atomic mass is 9.68. The SMILES string of the molecule is CO[C@H]1/C=C\CC[C@@H](C[C@@H](C)O)S(=O)(=O)NC(=O)c2ccc3c(c2)N(C[C@@H]2CC[C@H]21)C[C@@]1(CCCc2cc(Cl)ccc21)CO3.CO[C@H]1/C=C\CC[C@H](C[C@@H](C)O)S(=O)(=O)NC(=O)c2ccc3c(c2)N(C[C@@H]2CC[C@H]21)C[C@@]1(CCCc2cc(Cl)ccc21)CO3. The van der Waals surface area contributed by atoms with Gasteiger partial charge >= 0.3 is 0 Å². The van der Waals surface area contributed by atoms with Crippen LogP contribution >= 0.6 is 23.2 Å². The molecule has 476 valence electrons. The van der Waals surface area contributed by atoms with Gasteiger partial charge in [0.2, 0.25) is 20.0 Å². The molecule has 2 amide bonds. The molecule has 16 nitrogen and oxygen atoms in total. The van der Waals surface area contributed by atoms with Crippen molar-refractivity contribution < 1.29 is 55.6 Å². The number of hydrogen-bond donors (Lipinski definition) is 4. The zero-order chi connectivity index (χ0) is 62.1. The largest absolute Gasteiger partial charge is 0.490 e. The maximum atomic E-state index is 13.5. The molecule has 0 saturated heterocycles. The summed E-state index contributed by atoms with van der Waals surface area (Å²) in [5, 5.41) is 19.8. The zero-order valence-corrected chi connectivity index (χ0v) is 54.2. The molecule has 8 aliphatic rings. The van der Waals surface area contributed by atoms with Crippen molar-refractivity contribution in [1.29, 1.82) is 0 Å². The van der Waals surface area contributed by atoms with Gasteiger partial charge in [-0.15, -0.1) is 0 Å². The third-order valence-electron chi connectivity index (χ3n) is 20.4. The van der Waals surface area contributed by atoms with Gasteiger partial charge in [0, 0.05) is 72.4 Å². The highest BCUT2D eigenvalue weighted by Gasteiger charge is 2.47. The van der Waals surface area contributed by atoms with Crippen LogP contribution in [0, 0.1) is 23.7 Å². The maximum absolute atomic E-state index is 13.5. The van der Waals surface area contributed by atoms with E-state index in [1.807, 2.05) is 24.3 Å². The van der Waals surface area contributed by atoms with E-state index in [1.54, 1.807) is 64.5 Å². The number of ether oxygens (including phenoxy) is 4. The second-order valence-corrected chi connectivity index (χ2v) is 31.1. The van der Waals surface area contributed by atoms with Crippen LogP contribution in [0.15, 0.2) is 97.1 Å². The first-order valence-corrected chi connectivity index (χ1v) is 35.5. The highest BCUT2D eigenvalue weighted by atomic mass is 35.5. The van der Waals surface area contributed by atoms with E-state index < -0.39 is 54.6 Å². The van der Waals surface area contributed by atoms with Crippen LogP contribution in [-0.4, -0.2) is 127 Å². The Morgan fingerprint density at radius 3 is 1.40 bits per heavy atom. The summed E-state index contributed by atoms with van der Waals surface area (Å²) in [4.78, 5) is 31.7. The highest BCUT2D eigenvalue weighted by Crippen LogP contribution is 2.50. The fourth-order valence-corrected chi connectivity index (χ4v) is 18.9. The molecule has 4 aromatic rings. The third kappa shape index (κ3) is 13.8. The number of nitrogens with one attached hydrogen (secondary N) is 2. The van der Waals surface area contributed by atoms with Gasteiger partial charge in [0.1, 0.15) is 11.5 Å². The van der Waals surface area contributed by atoms with Crippen LogP contribution in [0.1, 0.15) is 147 Å². The summed E-state index contributed by atoms with van der Waals surface area (Å²) in [6, 6.07) is 22.8. The zero-order valence-electron chi connectivity index (χ0n) is 51.0. The Morgan fingerprint density at radius 1 is 0.602 bits per heavy atom. The van der Waals surface area contributed by atoms with E-state index in [2.05, 4.69) is 55.7 Å². The van der Waals surface area contributed by atoms with E-state index >= 15 is 0 Å². The molecule has 12 rings (SSSR count). The molecule has 4 aromatic carbocycles. The second kappa shape index (κ2) is 27.0. The minimum absolute atomic E-state index is 0.0371. The molecule has 4 heterocycles. The van der Waals surface area contributed by atoms with Crippen molar-refractivity contribution in [2.24, 2.45) is 23.7 Å². The Morgan fingerprint density at radius 2 is 1.02 bits per heavy atom. The summed E-state index contributed by atoms with van der Waals surface area (Å²) in [6.07, 6.45) is 18.2. The molecule has 2 saturated carbocycles. The van der Waals surface area contributed by atoms with Gasteiger partial charge in [-0.2, -0.15) is 0 Å². The summed E-state index contributed by atoms with van der Waals surface area (Å²) >= 11 is 12.8. The standard InChI is InChI=1S/2C34H43ClN2O6S/c2*1-22(38)16-27-7-3-4-8-31(42-2)28-12-9-25(28)19-37-20-34(15-5-6-23-17-26(35)11-13-29(23)34)21-43-32-14-10-24(18-30(32)37)33(39)36-44(27,40)41/h2*4,8,10-11,13-14,17-18,22,25,27-28,31,38H,3,5-7,9,12,15-16,19-21H2,1-2H3,(H,36,39)/b2*8-4-/t22-,25+,27+,28-,31+,34+;22-,25+,27-,28-,31+,34+/m11/s1. The summed E-state index contributed by atoms with van der Waals surface area (Å²) in [5.74, 6) is 1.45. The molecule has 4 bridgehead atoms. The smallest absolute Gasteiger partial charge is 0.264 e. The van der Waals surface area contributed by atoms with Gasteiger partial charge in [0.25, 0.3) is 11.8 Å². The van der Waals surface area contributed by atoms with Crippen molar-refractivity contribution in [3.8, 4) is 11.5 Å². The van der Waals surface area contributed by atoms with Gasteiger partial charge in [0.15, 0.2) is 0 Å². The molecule has 12 atom stereocenters. The fourth-order valence-electron chi connectivity index (χ4n) is 15.5. The van der Waals surface area contributed by atoms with Crippen molar-refractivity contribution in [2.75, 3.05) is 63.4 Å². The van der Waals surface area contributed by atoms with Crippen molar-refractivity contribution in [3.63, 3.8) is 0 Å². The summed E-state index contributed by atoms with van der Waals surface area (Å²) in [6.45, 7) is 7.12. The number of benzene rings is 4. The molecule has 4 aliphatic heterocycles. The lowest BCUT2D eigenvalue weighted by molar-refractivity contribution is 0.0131. The molecular weight excluding hydrogens is 1200 g/mol. The molecule has 20 heteroatoms. The first-order chi connectivity index (χ1) is 42.2. The number of amides is 2. The molecule has 0 aromatic heterocycles. The van der Waals surface area contributed by atoms with Gasteiger partial charge in [-0.05, 0) is 223 Å². The van der Waals surface area contributed by atoms with Crippen LogP contribution in [0.4, 0.5) is 11.4 Å². The van der Waals surface area contributed by atoms with Crippen molar-refractivity contribution in [1.82, 2.24) is 9.44 Å². The van der Waals surface area contributed by atoms with Gasteiger partial charge in [-0.25, -0.2) is 26.3 Å². The molecule has 88 heavy (non-hydrogen) atoms. The number of methoxy groups -OCH3 is 2. The van der Waals surface area contributed by atoms with E-state index in [9.17, 15) is 36.6 Å². The number of carbonyl (C=O) groups is 2. The Labute approximate surface area is 529 Å². The molecule has 0 unspecified atom stereocenters. The van der Waals surface area contributed by atoms with Gasteiger partial charge in [-0.1, -0.05) is 59.6 Å². The van der Waals surface area contributed by atoms with E-state index in [1.165, 1.54) is 22.3 Å². The van der Waals surface area contributed by atoms with Crippen LogP contribution in [-0.2, 0) is 53.2 Å². The monoisotopic (exact) mass is 1280 g/mol. The number of fused-ring (bicyclic) bond motifs is 8. The number of aliphatic hydroxyl groups is 2. The second-order valence-electron chi connectivity index (χ2n) is 26.4. The number of carbonyl (C=O) groups excluding carboxylic acids is 2. The molecule has 4 aliphatic carbocycles. The normalized spacial score (nSPS) is 31.4. The van der Waals surface area contributed by atoms with E-state index in [0.717, 1.165) is 98.7 Å². The number of halogens is 2. The molecule has 2 spiro atoms. The number of allylic oxidation sites excluding steroid dienone is 2. The third-order valence-corrected chi connectivity index (χ3v) is 24.4. The Kier molecular flexibility index (Phi) is 19.7. The minimum atomic E-state index is -4.05. The molecule has 4 N–H and O–H groups in total. The van der Waals surface area contributed by atoms with Gasteiger partial charge in [-0.3, -0.25) is 9.59 Å². The number of anilines is 2. The number of nitrogens with zero attached hydrogens (tertiary/aromatic N) is 2. The highest BCUT2D eigenvalue weighted by molar-refractivity contribution is 7.91. The summed E-state index contributed by atoms with van der Waals surface area (Å²) < 4.78 is 83.4. The predicted octanol–water partition coefficient (Wildman–Crippen LogP) is 10.8. The van der Waals surface area contributed by atoms with Crippen LogP contribution < -0.4 is 28.7 Å². The topological polar surface area (TPSA) is 210 Å². The van der Waals surface area contributed by atoms with E-state index in [4.69, 9.17) is 42.1 Å². The quantitative estimate of drug-likeness (QED) is 0.132. The number of sulfonamides is 2. The molecule has 0 radical (unpaired) electrons. The van der Waals surface area contributed by atoms with Crippen LogP contribution in [0.25, 0.3) is 0 Å². The summed E-state index contributed by atoms with van der Waals surface area (Å²) in [7, 11) is -4.63. The van der Waals surface area contributed by atoms with E-state index in [0.29, 0.717) is 74.3 Å². The average molecular weight is 1290 g/mol. The maximum Gasteiger partial charge on any atom is 0.264 e. The number of hydrogen-bond acceptors (Lipinski definition) is 14. The lowest BCUT2D eigenvalue weighted by Crippen LogP contribution is -2.49. The van der Waals surface area contributed by atoms with Gasteiger partial charge in [0.05, 0.1) is 59.5 Å². The summed E-state index contributed by atoms with van der Waals surface area (Å²) in [5.41, 5.74) is 6.67. The first-order valence-electron chi connectivity index (χ1n) is 31.7. The van der Waals surface area contributed by atoms with Crippen molar-refractivity contribution in [2.45, 2.75) is 162 Å². The van der Waals surface area contributed by atoms with Crippen LogP contribution in [0.3, 0.4) is 0 Å². The van der Waals surface area contributed by atoms with Crippen molar-refractivity contribution >= 4 is 66.4 Å². The minimum Gasteiger partial charge on any atom is -0.490 e. The van der Waals surface area contributed by atoms with Crippen LogP contribution in [0.2, 0.25) is 10.0 Å². The Balaban J connectivity index is 0.000000182. The Bertz CT molecular complexity index is 3280. The average Bonchev–Trinajstić information content (AvgIpc) is 1.59. The number of aryl methyl sites for hydroxylation is 2. The molecular formula is C68H86Cl2N4O12S2.